The molecule has 2 rings (SSSR count). The molecule has 7 nitrogen and oxygen atoms in total. The highest BCUT2D eigenvalue weighted by molar-refractivity contribution is 5.90. The molecule has 0 saturated carbocycles. The molecule has 19 heavy (non-hydrogen) atoms. The summed E-state index contributed by atoms with van der Waals surface area (Å²) < 4.78 is 0. The summed E-state index contributed by atoms with van der Waals surface area (Å²) in [5, 5.41) is 17.0. The van der Waals surface area contributed by atoms with Gasteiger partial charge in [0.05, 0.1) is 5.41 Å². The highest BCUT2D eigenvalue weighted by Crippen LogP contribution is 2.35. The monoisotopic (exact) mass is 264 g/mol. The first-order valence-electron chi connectivity index (χ1n) is 6.10. The number of rotatable bonds is 4. The number of primary amides is 1. The van der Waals surface area contributed by atoms with Gasteiger partial charge in [-0.05, 0) is 25.0 Å². The topological polar surface area (TPSA) is 109 Å². The third-order valence-electron chi connectivity index (χ3n) is 3.71. The maximum absolute atomic E-state index is 11.4. The molecular formula is C12H16N4O3. The van der Waals surface area contributed by atoms with Crippen LogP contribution in [0.4, 0.5) is 5.82 Å². The van der Waals surface area contributed by atoms with Crippen molar-refractivity contribution < 1.29 is 14.7 Å². The average Bonchev–Trinajstić information content (AvgIpc) is 2.84. The normalized spacial score (nSPS) is 22.5. The van der Waals surface area contributed by atoms with E-state index in [0.29, 0.717) is 31.7 Å². The fourth-order valence-electron chi connectivity index (χ4n) is 2.31. The third-order valence-corrected chi connectivity index (χ3v) is 3.71. The zero-order valence-electron chi connectivity index (χ0n) is 10.7. The molecule has 0 spiro atoms. The van der Waals surface area contributed by atoms with E-state index >= 15 is 0 Å². The molecule has 1 aromatic rings. The van der Waals surface area contributed by atoms with E-state index in [9.17, 15) is 14.7 Å². The Kier molecular flexibility index (Phi) is 3.37. The van der Waals surface area contributed by atoms with Crippen molar-refractivity contribution in [1.29, 1.82) is 0 Å². The van der Waals surface area contributed by atoms with E-state index in [2.05, 4.69) is 10.2 Å². The van der Waals surface area contributed by atoms with Gasteiger partial charge >= 0.3 is 5.97 Å². The number of carbonyl (C=O) groups excluding carboxylic acids is 1. The van der Waals surface area contributed by atoms with E-state index in [1.807, 2.05) is 11.8 Å². The Morgan fingerprint density at radius 1 is 1.47 bits per heavy atom. The van der Waals surface area contributed by atoms with Crippen molar-refractivity contribution in [2.24, 2.45) is 11.1 Å². The Bertz CT molecular complexity index is 502. The summed E-state index contributed by atoms with van der Waals surface area (Å²) in [5.74, 6) is -0.838. The lowest BCUT2D eigenvalue weighted by Gasteiger charge is -2.23. The van der Waals surface area contributed by atoms with Gasteiger partial charge in [0.2, 0.25) is 0 Å². The lowest BCUT2D eigenvalue weighted by molar-refractivity contribution is -0.147. The molecule has 3 N–H and O–H groups in total. The number of hydrogen-bond acceptors (Lipinski definition) is 5. The van der Waals surface area contributed by atoms with Crippen LogP contribution in [0.3, 0.4) is 0 Å². The summed E-state index contributed by atoms with van der Waals surface area (Å²) in [5.41, 5.74) is 4.47. The Morgan fingerprint density at radius 2 is 2.21 bits per heavy atom. The highest BCUT2D eigenvalue weighted by Gasteiger charge is 2.43. The number of nitrogens with two attached hydrogens (primary N) is 1. The second-order valence-electron chi connectivity index (χ2n) is 4.75. The first-order chi connectivity index (χ1) is 8.98. The number of aliphatic carboxylic acids is 1. The minimum absolute atomic E-state index is 0.0999. The molecule has 0 bridgehead atoms. The summed E-state index contributed by atoms with van der Waals surface area (Å²) >= 11 is 0. The Balaban J connectivity index is 2.16. The third kappa shape index (κ3) is 2.35. The summed E-state index contributed by atoms with van der Waals surface area (Å²) in [6.07, 6.45) is 1.16. The minimum Gasteiger partial charge on any atom is -0.481 e. The molecule has 0 aliphatic carbocycles. The van der Waals surface area contributed by atoms with Crippen molar-refractivity contribution in [3.05, 3.63) is 17.8 Å². The van der Waals surface area contributed by atoms with E-state index < -0.39 is 17.3 Å². The summed E-state index contributed by atoms with van der Waals surface area (Å²) in [6, 6.07) is 3.14. The molecule has 1 amide bonds. The van der Waals surface area contributed by atoms with Gasteiger partial charge in [-0.2, -0.15) is 0 Å². The van der Waals surface area contributed by atoms with Crippen LogP contribution >= 0.6 is 0 Å². The molecular weight excluding hydrogens is 248 g/mol. The zero-order chi connectivity index (χ0) is 14.0. The van der Waals surface area contributed by atoms with E-state index in [1.165, 1.54) is 6.07 Å². The van der Waals surface area contributed by atoms with Crippen LogP contribution in [0.2, 0.25) is 0 Å². The molecule has 1 aliphatic heterocycles. The average molecular weight is 264 g/mol. The van der Waals surface area contributed by atoms with Crippen molar-refractivity contribution in [3.8, 4) is 0 Å². The van der Waals surface area contributed by atoms with Crippen LogP contribution in [0.5, 0.6) is 0 Å². The van der Waals surface area contributed by atoms with Crippen LogP contribution in [0.25, 0.3) is 0 Å². The highest BCUT2D eigenvalue weighted by atomic mass is 16.4. The van der Waals surface area contributed by atoms with Gasteiger partial charge in [0.15, 0.2) is 11.5 Å². The van der Waals surface area contributed by atoms with Gasteiger partial charge in [-0.1, -0.05) is 6.92 Å². The van der Waals surface area contributed by atoms with E-state index in [1.54, 1.807) is 6.07 Å². The van der Waals surface area contributed by atoms with Gasteiger partial charge < -0.3 is 15.7 Å². The Labute approximate surface area is 110 Å². The van der Waals surface area contributed by atoms with Crippen molar-refractivity contribution in [2.45, 2.75) is 19.8 Å². The molecule has 1 aliphatic rings. The second kappa shape index (κ2) is 4.83. The molecule has 1 fully saturated rings. The SMILES string of the molecule is CCC1(C(=O)O)CCN(c2ccc(C(N)=O)nn2)C1. The van der Waals surface area contributed by atoms with E-state index in [0.717, 1.165) is 0 Å². The molecule has 2 heterocycles. The predicted molar refractivity (Wildman–Crippen MR) is 67.7 cm³/mol. The molecule has 0 radical (unpaired) electrons. The van der Waals surface area contributed by atoms with Crippen LogP contribution in [0, 0.1) is 5.41 Å². The van der Waals surface area contributed by atoms with Crippen LogP contribution in [0.1, 0.15) is 30.3 Å². The van der Waals surface area contributed by atoms with E-state index in [4.69, 9.17) is 5.73 Å². The number of nitrogens with zero attached hydrogens (tertiary/aromatic N) is 3. The van der Waals surface area contributed by atoms with Gasteiger partial charge in [-0.25, -0.2) is 0 Å². The lowest BCUT2D eigenvalue weighted by atomic mass is 9.84. The van der Waals surface area contributed by atoms with Crippen LogP contribution in [0.15, 0.2) is 12.1 Å². The first kappa shape index (κ1) is 13.3. The van der Waals surface area contributed by atoms with Crippen molar-refractivity contribution in [2.75, 3.05) is 18.0 Å². The molecule has 102 valence electrons. The number of aromatic nitrogens is 2. The molecule has 1 aromatic heterocycles. The van der Waals surface area contributed by atoms with Crippen molar-refractivity contribution in [3.63, 3.8) is 0 Å². The number of hydrogen-bond donors (Lipinski definition) is 2. The Morgan fingerprint density at radius 3 is 2.63 bits per heavy atom. The number of carbonyl (C=O) groups is 2. The zero-order valence-corrected chi connectivity index (χ0v) is 10.7. The van der Waals surface area contributed by atoms with E-state index in [-0.39, 0.29) is 5.69 Å². The molecule has 7 heteroatoms. The van der Waals surface area contributed by atoms with Crippen molar-refractivity contribution in [1.82, 2.24) is 10.2 Å². The van der Waals surface area contributed by atoms with Gasteiger partial charge in [0, 0.05) is 13.1 Å². The first-order valence-corrected chi connectivity index (χ1v) is 6.10. The predicted octanol–water partition coefficient (Wildman–Crippen LogP) is 0.267. The second-order valence-corrected chi connectivity index (χ2v) is 4.75. The smallest absolute Gasteiger partial charge is 0.311 e. The number of carboxylic acid groups (broad SMARTS) is 1. The molecule has 1 unspecified atom stereocenters. The number of amides is 1. The maximum atomic E-state index is 11.4. The van der Waals surface area contributed by atoms with Crippen LogP contribution in [-0.2, 0) is 4.79 Å². The quantitative estimate of drug-likeness (QED) is 0.807. The minimum atomic E-state index is -0.779. The van der Waals surface area contributed by atoms with Crippen LogP contribution < -0.4 is 10.6 Å². The van der Waals surface area contributed by atoms with Crippen molar-refractivity contribution >= 4 is 17.7 Å². The van der Waals surface area contributed by atoms with Crippen LogP contribution in [-0.4, -0.2) is 40.3 Å². The fourth-order valence-corrected chi connectivity index (χ4v) is 2.31. The summed E-state index contributed by atoms with van der Waals surface area (Å²) in [4.78, 5) is 24.1. The lowest BCUT2D eigenvalue weighted by Crippen LogP contribution is -2.34. The van der Waals surface area contributed by atoms with Gasteiger partial charge in [-0.15, -0.1) is 10.2 Å². The maximum Gasteiger partial charge on any atom is 0.311 e. The number of carboxylic acids is 1. The number of anilines is 1. The fraction of sp³-hybridized carbons (Fsp3) is 0.500. The molecule has 1 atom stereocenters. The molecule has 0 aromatic carbocycles. The largest absolute Gasteiger partial charge is 0.481 e. The molecule has 1 saturated heterocycles. The van der Waals surface area contributed by atoms with Gasteiger partial charge in [0.1, 0.15) is 0 Å². The van der Waals surface area contributed by atoms with Gasteiger partial charge in [0.25, 0.3) is 5.91 Å². The van der Waals surface area contributed by atoms with Gasteiger partial charge in [-0.3, -0.25) is 9.59 Å². The standard InChI is InChI=1S/C12H16N4O3/c1-2-12(11(18)19)5-6-16(7-12)9-4-3-8(10(13)17)14-15-9/h3-4H,2,5-7H2,1H3,(H2,13,17)(H,18,19). The summed E-state index contributed by atoms with van der Waals surface area (Å²) in [7, 11) is 0. The summed E-state index contributed by atoms with van der Waals surface area (Å²) in [6.45, 7) is 2.90. The Hall–Kier alpha value is -2.18.